The van der Waals surface area contributed by atoms with E-state index in [0.29, 0.717) is 11.1 Å². The maximum Gasteiger partial charge on any atom is 0.340 e. The number of rotatable bonds is 9. The van der Waals surface area contributed by atoms with E-state index in [4.69, 9.17) is 0 Å². The molecule has 0 aliphatic carbocycles. The number of anilines is 1. The van der Waals surface area contributed by atoms with Crippen LogP contribution in [0, 0.1) is 13.8 Å². The molecular weight excluding hydrogens is 442 g/mol. The Kier molecular flexibility index (Phi) is 7.20. The van der Waals surface area contributed by atoms with Gasteiger partial charge in [-0.25, -0.2) is 22.0 Å². The third-order valence-electron chi connectivity index (χ3n) is 4.62. The Balaban J connectivity index is 2.34. The second kappa shape index (κ2) is 9.13. The smallest absolute Gasteiger partial charge is 0.340 e. The van der Waals surface area contributed by atoms with Crippen LogP contribution in [0.15, 0.2) is 41.3 Å². The molecule has 0 heterocycles. The van der Waals surface area contributed by atoms with Gasteiger partial charge in [-0.3, -0.25) is 4.31 Å². The SMILES string of the molecule is CCN(c1ccc(OCC(F)(F)C(F)F)cc1)S(=O)(=O)c1cc(C)c(C)c(C(=O)O)c1. The van der Waals surface area contributed by atoms with Crippen molar-refractivity contribution in [1.29, 1.82) is 0 Å². The quantitative estimate of drug-likeness (QED) is 0.554. The number of aromatic carboxylic acids is 1. The highest BCUT2D eigenvalue weighted by Crippen LogP contribution is 2.29. The summed E-state index contributed by atoms with van der Waals surface area (Å²) in [4.78, 5) is 11.2. The van der Waals surface area contributed by atoms with Gasteiger partial charge in [0.1, 0.15) is 5.75 Å². The second-order valence-electron chi connectivity index (χ2n) is 6.73. The lowest BCUT2D eigenvalue weighted by Crippen LogP contribution is -2.33. The number of hydrogen-bond acceptors (Lipinski definition) is 4. The molecule has 2 aromatic carbocycles. The van der Waals surface area contributed by atoms with E-state index in [1.54, 1.807) is 20.8 Å². The minimum absolute atomic E-state index is 0.0126. The number of aryl methyl sites for hydroxylation is 1. The van der Waals surface area contributed by atoms with Gasteiger partial charge in [0.05, 0.1) is 16.1 Å². The van der Waals surface area contributed by atoms with Crippen LogP contribution in [0.5, 0.6) is 5.75 Å². The van der Waals surface area contributed by atoms with Crippen LogP contribution in [0.4, 0.5) is 23.2 Å². The third-order valence-corrected chi connectivity index (χ3v) is 6.50. The molecule has 1 N–H and O–H groups in total. The first kappa shape index (κ1) is 24.4. The first-order valence-electron chi connectivity index (χ1n) is 9.07. The molecule has 170 valence electrons. The number of carboxylic acid groups (broad SMARTS) is 1. The van der Waals surface area contributed by atoms with Gasteiger partial charge >= 0.3 is 18.3 Å². The van der Waals surface area contributed by atoms with Gasteiger partial charge in [-0.15, -0.1) is 0 Å². The number of sulfonamides is 1. The molecule has 2 rings (SSSR count). The molecular formula is C20H21F4NO5S. The molecule has 0 radical (unpaired) electrons. The Hall–Kier alpha value is -2.82. The van der Waals surface area contributed by atoms with E-state index in [9.17, 15) is 35.9 Å². The van der Waals surface area contributed by atoms with Gasteiger partial charge in [-0.1, -0.05) is 0 Å². The van der Waals surface area contributed by atoms with Gasteiger partial charge < -0.3 is 9.84 Å². The highest BCUT2D eigenvalue weighted by molar-refractivity contribution is 7.92. The Bertz CT molecular complexity index is 1060. The number of alkyl halides is 4. The molecule has 0 saturated heterocycles. The maximum atomic E-state index is 13.1. The van der Waals surface area contributed by atoms with Crippen molar-refractivity contribution in [3.8, 4) is 5.75 Å². The zero-order chi connectivity index (χ0) is 23.6. The van der Waals surface area contributed by atoms with E-state index >= 15 is 0 Å². The van der Waals surface area contributed by atoms with Crippen LogP contribution >= 0.6 is 0 Å². The number of hydrogen-bond donors (Lipinski definition) is 1. The van der Waals surface area contributed by atoms with E-state index in [2.05, 4.69) is 4.74 Å². The van der Waals surface area contributed by atoms with E-state index < -0.39 is 34.9 Å². The van der Waals surface area contributed by atoms with Gasteiger partial charge in [0.2, 0.25) is 0 Å². The Labute approximate surface area is 177 Å². The van der Waals surface area contributed by atoms with Crippen molar-refractivity contribution in [2.24, 2.45) is 0 Å². The topological polar surface area (TPSA) is 83.9 Å². The second-order valence-corrected chi connectivity index (χ2v) is 8.59. The van der Waals surface area contributed by atoms with Gasteiger partial charge in [0, 0.05) is 6.54 Å². The summed E-state index contributed by atoms with van der Waals surface area (Å²) in [5.74, 6) is -5.72. The molecule has 0 aliphatic rings. The minimum atomic E-state index is -4.32. The van der Waals surface area contributed by atoms with Crippen LogP contribution in [-0.4, -0.2) is 45.0 Å². The zero-order valence-corrected chi connectivity index (χ0v) is 17.7. The lowest BCUT2D eigenvalue weighted by molar-refractivity contribution is -0.148. The summed E-state index contributed by atoms with van der Waals surface area (Å²) in [5.41, 5.74) is 0.943. The monoisotopic (exact) mass is 463 g/mol. The molecule has 0 amide bonds. The third kappa shape index (κ3) is 5.27. The summed E-state index contributed by atoms with van der Waals surface area (Å²) in [6.45, 7) is 3.19. The van der Waals surface area contributed by atoms with Crippen LogP contribution in [-0.2, 0) is 10.0 Å². The average Bonchev–Trinajstić information content (AvgIpc) is 2.69. The zero-order valence-electron chi connectivity index (χ0n) is 16.9. The fraction of sp³-hybridized carbons (Fsp3) is 0.350. The molecule has 0 fully saturated rings. The molecule has 0 aliphatic heterocycles. The summed E-state index contributed by atoms with van der Waals surface area (Å²) >= 11 is 0. The molecule has 0 saturated carbocycles. The molecule has 31 heavy (non-hydrogen) atoms. The molecule has 2 aromatic rings. The summed E-state index contributed by atoms with van der Waals surface area (Å²) in [6.07, 6.45) is -3.87. The highest BCUT2D eigenvalue weighted by Gasteiger charge is 2.41. The van der Waals surface area contributed by atoms with Crippen molar-refractivity contribution in [2.75, 3.05) is 17.5 Å². The molecule has 0 aromatic heterocycles. The number of nitrogens with zero attached hydrogens (tertiary/aromatic N) is 1. The molecule has 6 nitrogen and oxygen atoms in total. The average molecular weight is 463 g/mol. The summed E-state index contributed by atoms with van der Waals surface area (Å²) in [7, 11) is -4.15. The van der Waals surface area contributed by atoms with Crippen LogP contribution in [0.1, 0.15) is 28.4 Å². The Morgan fingerprint density at radius 3 is 2.23 bits per heavy atom. The lowest BCUT2D eigenvalue weighted by atomic mass is 10.0. The van der Waals surface area contributed by atoms with Crippen LogP contribution < -0.4 is 9.04 Å². The fourth-order valence-electron chi connectivity index (χ4n) is 2.77. The molecule has 0 atom stereocenters. The molecule has 0 spiro atoms. The van der Waals surface area contributed by atoms with Gasteiger partial charge in [0.25, 0.3) is 10.0 Å². The van der Waals surface area contributed by atoms with Gasteiger partial charge in [-0.05, 0) is 68.3 Å². The van der Waals surface area contributed by atoms with E-state index in [0.717, 1.165) is 10.4 Å². The highest BCUT2D eigenvalue weighted by atomic mass is 32.2. The van der Waals surface area contributed by atoms with Crippen LogP contribution in [0.2, 0.25) is 0 Å². The van der Waals surface area contributed by atoms with Crippen LogP contribution in [0.25, 0.3) is 0 Å². The molecule has 0 bridgehead atoms. The van der Waals surface area contributed by atoms with E-state index in [-0.39, 0.29) is 28.4 Å². The Morgan fingerprint density at radius 1 is 1.16 bits per heavy atom. The van der Waals surface area contributed by atoms with Crippen molar-refractivity contribution in [3.63, 3.8) is 0 Å². The van der Waals surface area contributed by atoms with Crippen LogP contribution in [0.3, 0.4) is 0 Å². The van der Waals surface area contributed by atoms with Crippen molar-refractivity contribution in [3.05, 3.63) is 53.1 Å². The number of benzene rings is 2. The molecule has 11 heteroatoms. The predicted molar refractivity (Wildman–Crippen MR) is 106 cm³/mol. The number of carboxylic acids is 1. The van der Waals surface area contributed by atoms with E-state index in [1.807, 2.05) is 0 Å². The lowest BCUT2D eigenvalue weighted by Gasteiger charge is -2.24. The maximum absolute atomic E-state index is 13.1. The van der Waals surface area contributed by atoms with Crippen molar-refractivity contribution >= 4 is 21.7 Å². The van der Waals surface area contributed by atoms with Gasteiger partial charge in [0.15, 0.2) is 6.61 Å². The van der Waals surface area contributed by atoms with Crippen molar-refractivity contribution in [1.82, 2.24) is 0 Å². The first-order chi connectivity index (χ1) is 14.3. The fourth-order valence-corrected chi connectivity index (χ4v) is 4.35. The summed E-state index contributed by atoms with van der Waals surface area (Å²) in [6, 6.07) is 7.35. The van der Waals surface area contributed by atoms with Crippen molar-refractivity contribution < 1.29 is 40.6 Å². The first-order valence-corrected chi connectivity index (χ1v) is 10.5. The minimum Gasteiger partial charge on any atom is -0.487 e. The summed E-state index contributed by atoms with van der Waals surface area (Å²) < 4.78 is 82.4. The summed E-state index contributed by atoms with van der Waals surface area (Å²) in [5, 5.41) is 9.34. The predicted octanol–water partition coefficient (Wildman–Crippen LogP) is 4.50. The number of halogens is 4. The standard InChI is InChI=1S/C20H21F4NO5S/c1-4-25(14-5-7-15(8-6-14)30-11-20(23,24)19(21)22)31(28,29)16-9-12(2)13(3)17(10-16)18(26)27/h5-10,19H,4,11H2,1-3H3,(H,26,27). The molecule has 0 unspecified atom stereocenters. The number of ether oxygens (including phenoxy) is 1. The van der Waals surface area contributed by atoms with E-state index in [1.165, 1.54) is 30.3 Å². The normalized spacial score (nSPS) is 12.1. The Morgan fingerprint density at radius 2 is 1.74 bits per heavy atom. The largest absolute Gasteiger partial charge is 0.487 e. The van der Waals surface area contributed by atoms with Crippen molar-refractivity contribution in [2.45, 2.75) is 38.0 Å². The number of carbonyl (C=O) groups is 1. The van der Waals surface area contributed by atoms with Gasteiger partial charge in [-0.2, -0.15) is 8.78 Å².